The van der Waals surface area contributed by atoms with E-state index in [9.17, 15) is 4.79 Å². The fourth-order valence-corrected chi connectivity index (χ4v) is 3.47. The highest BCUT2D eigenvalue weighted by Gasteiger charge is 2.44. The van der Waals surface area contributed by atoms with E-state index in [2.05, 4.69) is 21.7 Å². The first-order valence-corrected chi connectivity index (χ1v) is 7.97. The van der Waals surface area contributed by atoms with E-state index in [1.807, 2.05) is 0 Å². The van der Waals surface area contributed by atoms with Gasteiger partial charge in [0, 0.05) is 12.5 Å². The van der Waals surface area contributed by atoms with Crippen LogP contribution in [0.1, 0.15) is 44.5 Å². The van der Waals surface area contributed by atoms with Gasteiger partial charge in [0.1, 0.15) is 5.82 Å². The van der Waals surface area contributed by atoms with Gasteiger partial charge >= 0.3 is 5.97 Å². The summed E-state index contributed by atoms with van der Waals surface area (Å²) in [7, 11) is 0. The summed E-state index contributed by atoms with van der Waals surface area (Å²) >= 11 is 1.30. The van der Waals surface area contributed by atoms with E-state index in [-0.39, 0.29) is 5.75 Å². The normalized spacial score (nSPS) is 19.1. The molecule has 1 N–H and O–H groups in total. The Morgan fingerprint density at radius 2 is 2.00 bits per heavy atom. The zero-order chi connectivity index (χ0) is 13.4. The van der Waals surface area contributed by atoms with Gasteiger partial charge in [-0.05, 0) is 37.5 Å². The molecule has 2 aliphatic carbocycles. The number of nitrogens with zero attached hydrogens (tertiary/aromatic N) is 3. The third-order valence-corrected chi connectivity index (χ3v) is 4.81. The molecule has 0 unspecified atom stereocenters. The lowest BCUT2D eigenvalue weighted by Crippen LogP contribution is -2.17. The third kappa shape index (κ3) is 2.78. The maximum absolute atomic E-state index is 10.7. The molecule has 1 aromatic heterocycles. The largest absolute Gasteiger partial charge is 0.481 e. The Kier molecular flexibility index (Phi) is 3.52. The molecular weight excluding hydrogens is 262 g/mol. The summed E-state index contributed by atoms with van der Waals surface area (Å²) in [5.41, 5.74) is 0. The second-order valence-electron chi connectivity index (χ2n) is 5.47. The third-order valence-electron chi connectivity index (χ3n) is 3.88. The summed E-state index contributed by atoms with van der Waals surface area (Å²) in [4.78, 5) is 10.7. The number of aryl methyl sites for hydroxylation is 1. The number of rotatable bonds is 7. The van der Waals surface area contributed by atoms with Gasteiger partial charge in [-0.2, -0.15) is 0 Å². The van der Waals surface area contributed by atoms with E-state index in [0.29, 0.717) is 6.04 Å². The van der Waals surface area contributed by atoms with Gasteiger partial charge in [0.25, 0.3) is 0 Å². The molecule has 1 aromatic rings. The second-order valence-corrected chi connectivity index (χ2v) is 6.41. The molecule has 0 radical (unpaired) electrons. The molecular formula is C13H19N3O2S. The van der Waals surface area contributed by atoms with Crippen LogP contribution >= 0.6 is 11.8 Å². The van der Waals surface area contributed by atoms with Gasteiger partial charge < -0.3 is 9.67 Å². The Bertz CT molecular complexity index is 468. The predicted octanol–water partition coefficient (Wildman–Crippen LogP) is 2.38. The summed E-state index contributed by atoms with van der Waals surface area (Å²) in [6.07, 6.45) is 6.05. The minimum atomic E-state index is -0.799. The van der Waals surface area contributed by atoms with E-state index in [4.69, 9.17) is 5.11 Å². The van der Waals surface area contributed by atoms with Gasteiger partial charge in [0.2, 0.25) is 0 Å². The summed E-state index contributed by atoms with van der Waals surface area (Å²) in [6, 6.07) is 0.515. The van der Waals surface area contributed by atoms with Gasteiger partial charge in [-0.1, -0.05) is 18.7 Å². The molecule has 104 valence electrons. The van der Waals surface area contributed by atoms with Gasteiger partial charge in [-0.15, -0.1) is 10.2 Å². The molecule has 0 atom stereocenters. The zero-order valence-electron chi connectivity index (χ0n) is 11.1. The van der Waals surface area contributed by atoms with Gasteiger partial charge in [0.15, 0.2) is 5.16 Å². The van der Waals surface area contributed by atoms with E-state index in [0.717, 1.165) is 29.2 Å². The molecule has 19 heavy (non-hydrogen) atoms. The van der Waals surface area contributed by atoms with Crippen molar-refractivity contribution in [2.75, 3.05) is 5.75 Å². The maximum Gasteiger partial charge on any atom is 0.313 e. The van der Waals surface area contributed by atoms with E-state index in [1.54, 1.807) is 0 Å². The van der Waals surface area contributed by atoms with Crippen LogP contribution in [0.15, 0.2) is 5.16 Å². The summed E-state index contributed by atoms with van der Waals surface area (Å²) in [5, 5.41) is 18.1. The summed E-state index contributed by atoms with van der Waals surface area (Å²) in [6.45, 7) is 2.09. The Hall–Kier alpha value is -1.04. The SMILES string of the molecule is CCc1nnc(SCC(=O)O)n1C(C1CC1)C1CC1. The number of hydrogen-bond acceptors (Lipinski definition) is 4. The van der Waals surface area contributed by atoms with Crippen LogP contribution in [-0.4, -0.2) is 31.6 Å². The van der Waals surface area contributed by atoms with Gasteiger partial charge in [-0.25, -0.2) is 0 Å². The van der Waals surface area contributed by atoms with Gasteiger partial charge in [0.05, 0.1) is 5.75 Å². The zero-order valence-corrected chi connectivity index (χ0v) is 11.9. The van der Waals surface area contributed by atoms with E-state index >= 15 is 0 Å². The van der Waals surface area contributed by atoms with Crippen LogP contribution < -0.4 is 0 Å². The van der Waals surface area contributed by atoms with Crippen molar-refractivity contribution in [3.63, 3.8) is 0 Å². The monoisotopic (exact) mass is 281 g/mol. The van der Waals surface area contributed by atoms with Crippen LogP contribution in [0.5, 0.6) is 0 Å². The topological polar surface area (TPSA) is 68.0 Å². The molecule has 0 saturated heterocycles. The number of aromatic nitrogens is 3. The van der Waals surface area contributed by atoms with Crippen molar-refractivity contribution in [3.8, 4) is 0 Å². The van der Waals surface area contributed by atoms with Crippen molar-refractivity contribution in [3.05, 3.63) is 5.82 Å². The van der Waals surface area contributed by atoms with Crippen molar-refractivity contribution < 1.29 is 9.90 Å². The van der Waals surface area contributed by atoms with Crippen LogP contribution in [0.4, 0.5) is 0 Å². The highest BCUT2D eigenvalue weighted by molar-refractivity contribution is 7.99. The molecule has 2 saturated carbocycles. The average molecular weight is 281 g/mol. The molecule has 6 heteroatoms. The van der Waals surface area contributed by atoms with Crippen LogP contribution in [0.3, 0.4) is 0 Å². The Balaban J connectivity index is 1.87. The highest BCUT2D eigenvalue weighted by atomic mass is 32.2. The fraction of sp³-hybridized carbons (Fsp3) is 0.769. The van der Waals surface area contributed by atoms with Crippen LogP contribution in [0.2, 0.25) is 0 Å². The van der Waals surface area contributed by atoms with Crippen molar-refractivity contribution >= 4 is 17.7 Å². The van der Waals surface area contributed by atoms with E-state index in [1.165, 1.54) is 37.4 Å². The van der Waals surface area contributed by atoms with Crippen LogP contribution in [0, 0.1) is 11.8 Å². The van der Waals surface area contributed by atoms with Crippen molar-refractivity contribution in [2.45, 2.75) is 50.2 Å². The minimum Gasteiger partial charge on any atom is -0.481 e. The van der Waals surface area contributed by atoms with Crippen molar-refractivity contribution in [2.24, 2.45) is 11.8 Å². The van der Waals surface area contributed by atoms with Crippen molar-refractivity contribution in [1.29, 1.82) is 0 Å². The number of aliphatic carboxylic acids is 1. The molecule has 5 nitrogen and oxygen atoms in total. The molecule has 0 bridgehead atoms. The number of carbonyl (C=O) groups is 1. The predicted molar refractivity (Wildman–Crippen MR) is 72.2 cm³/mol. The quantitative estimate of drug-likeness (QED) is 0.777. The van der Waals surface area contributed by atoms with E-state index < -0.39 is 5.97 Å². The standard InChI is InChI=1S/C13H19N3O2S/c1-2-10-14-15-13(19-7-11(17)18)16(10)12(8-3-4-8)9-5-6-9/h8-9,12H,2-7H2,1H3,(H,17,18). The maximum atomic E-state index is 10.7. The number of hydrogen-bond donors (Lipinski definition) is 1. The molecule has 2 aliphatic rings. The first-order valence-electron chi connectivity index (χ1n) is 6.99. The smallest absolute Gasteiger partial charge is 0.313 e. The summed E-state index contributed by atoms with van der Waals surface area (Å²) in [5.74, 6) is 1.80. The summed E-state index contributed by atoms with van der Waals surface area (Å²) < 4.78 is 2.25. The van der Waals surface area contributed by atoms with Crippen molar-refractivity contribution in [1.82, 2.24) is 14.8 Å². The molecule has 2 fully saturated rings. The first-order chi connectivity index (χ1) is 9.20. The lowest BCUT2D eigenvalue weighted by Gasteiger charge is -2.21. The fourth-order valence-electron chi connectivity index (χ4n) is 2.75. The average Bonchev–Trinajstić information content (AvgIpc) is 3.27. The second kappa shape index (κ2) is 5.15. The Labute approximate surface area is 116 Å². The number of carboxylic acids is 1. The first kappa shape index (κ1) is 13.0. The van der Waals surface area contributed by atoms with Gasteiger partial charge in [-0.3, -0.25) is 4.79 Å². The number of thioether (sulfide) groups is 1. The highest BCUT2D eigenvalue weighted by Crippen LogP contribution is 2.53. The number of carboxylic acid groups (broad SMARTS) is 1. The lowest BCUT2D eigenvalue weighted by molar-refractivity contribution is -0.133. The molecule has 1 heterocycles. The molecule has 3 rings (SSSR count). The molecule has 0 aromatic carbocycles. The van der Waals surface area contributed by atoms with Crippen LogP contribution in [-0.2, 0) is 11.2 Å². The lowest BCUT2D eigenvalue weighted by atomic mass is 10.1. The molecule has 0 spiro atoms. The Morgan fingerprint density at radius 3 is 2.47 bits per heavy atom. The Morgan fingerprint density at radius 1 is 1.37 bits per heavy atom. The van der Waals surface area contributed by atoms with Crippen LogP contribution in [0.25, 0.3) is 0 Å². The molecule has 0 amide bonds. The molecule has 0 aliphatic heterocycles. The minimum absolute atomic E-state index is 0.0594.